The zero-order chi connectivity index (χ0) is 11.6. The van der Waals surface area contributed by atoms with Crippen molar-refractivity contribution < 1.29 is 9.53 Å². The Morgan fingerprint density at radius 1 is 1.40 bits per heavy atom. The molecule has 1 aliphatic heterocycles. The predicted molar refractivity (Wildman–Crippen MR) is 60.8 cm³/mol. The molecule has 0 bridgehead atoms. The van der Waals surface area contributed by atoms with Crippen molar-refractivity contribution in [3.63, 3.8) is 0 Å². The summed E-state index contributed by atoms with van der Waals surface area (Å²) in [7, 11) is 0. The highest BCUT2D eigenvalue weighted by Gasteiger charge is 2.35. The van der Waals surface area contributed by atoms with Gasteiger partial charge in [0.15, 0.2) is 0 Å². The van der Waals surface area contributed by atoms with Crippen LogP contribution in [-0.2, 0) is 4.74 Å². The summed E-state index contributed by atoms with van der Waals surface area (Å²) >= 11 is 0. The van der Waals surface area contributed by atoms with Crippen LogP contribution in [0.2, 0.25) is 0 Å². The zero-order valence-electron chi connectivity index (χ0n) is 10.5. The van der Waals surface area contributed by atoms with Gasteiger partial charge in [0.1, 0.15) is 5.60 Å². The first kappa shape index (κ1) is 12.3. The van der Waals surface area contributed by atoms with Crippen molar-refractivity contribution in [1.82, 2.24) is 4.90 Å². The summed E-state index contributed by atoms with van der Waals surface area (Å²) < 4.78 is 5.41. The van der Waals surface area contributed by atoms with Gasteiger partial charge in [-0.05, 0) is 47.0 Å². The van der Waals surface area contributed by atoms with Crippen LogP contribution in [0.5, 0.6) is 0 Å². The van der Waals surface area contributed by atoms with E-state index >= 15 is 0 Å². The summed E-state index contributed by atoms with van der Waals surface area (Å²) in [5, 5.41) is 0. The maximum Gasteiger partial charge on any atom is 0.410 e. The molecule has 0 radical (unpaired) electrons. The van der Waals surface area contributed by atoms with Crippen LogP contribution in [0.1, 0.15) is 53.9 Å². The van der Waals surface area contributed by atoms with E-state index in [0.29, 0.717) is 12.1 Å². The smallest absolute Gasteiger partial charge is 0.410 e. The molecule has 0 spiro atoms. The average Bonchev–Trinajstić information content (AvgIpc) is 2.43. The van der Waals surface area contributed by atoms with Gasteiger partial charge in [-0.2, -0.15) is 0 Å². The Bertz CT molecular complexity index is 232. The van der Waals surface area contributed by atoms with Gasteiger partial charge in [-0.3, -0.25) is 0 Å². The lowest BCUT2D eigenvalue weighted by Crippen LogP contribution is -2.43. The number of ether oxygens (including phenoxy) is 1. The second-order valence-corrected chi connectivity index (χ2v) is 5.38. The number of hydrogen-bond donors (Lipinski definition) is 0. The van der Waals surface area contributed by atoms with Crippen LogP contribution >= 0.6 is 0 Å². The Morgan fingerprint density at radius 3 is 2.47 bits per heavy atom. The molecule has 15 heavy (non-hydrogen) atoms. The Hall–Kier alpha value is -0.730. The Morgan fingerprint density at radius 2 is 2.00 bits per heavy atom. The van der Waals surface area contributed by atoms with Gasteiger partial charge in [0, 0.05) is 12.1 Å². The molecule has 3 heteroatoms. The van der Waals surface area contributed by atoms with Crippen molar-refractivity contribution in [1.29, 1.82) is 0 Å². The molecule has 1 rings (SSSR count). The van der Waals surface area contributed by atoms with E-state index in [1.54, 1.807) is 0 Å². The largest absolute Gasteiger partial charge is 0.444 e. The fourth-order valence-corrected chi connectivity index (χ4v) is 2.12. The molecule has 0 aromatic heterocycles. The molecule has 2 atom stereocenters. The summed E-state index contributed by atoms with van der Waals surface area (Å²) in [6.07, 6.45) is 3.07. The van der Waals surface area contributed by atoms with Crippen LogP contribution in [0.3, 0.4) is 0 Å². The Kier molecular flexibility index (Phi) is 3.63. The van der Waals surface area contributed by atoms with Crippen LogP contribution in [0, 0.1) is 0 Å². The lowest BCUT2D eigenvalue weighted by Gasteiger charge is -2.30. The van der Waals surface area contributed by atoms with Crippen LogP contribution in [0.15, 0.2) is 0 Å². The minimum Gasteiger partial charge on any atom is -0.444 e. The molecule has 1 amide bonds. The monoisotopic (exact) mass is 213 g/mol. The normalized spacial score (nSPS) is 26.9. The first-order valence-corrected chi connectivity index (χ1v) is 5.86. The van der Waals surface area contributed by atoms with Crippen molar-refractivity contribution >= 4 is 6.09 Å². The molecule has 88 valence electrons. The van der Waals surface area contributed by atoms with E-state index in [1.807, 2.05) is 25.7 Å². The lowest BCUT2D eigenvalue weighted by molar-refractivity contribution is 0.0157. The molecule has 1 aliphatic rings. The highest BCUT2D eigenvalue weighted by atomic mass is 16.6. The SMILES string of the molecule is CC[C@@H]1CC[C@H](C)N1C(=O)OC(C)(C)C. The minimum absolute atomic E-state index is 0.153. The molecule has 1 saturated heterocycles. The van der Waals surface area contributed by atoms with Gasteiger partial charge < -0.3 is 9.64 Å². The molecule has 1 fully saturated rings. The standard InChI is InChI=1S/C12H23NO2/c1-6-10-8-7-9(2)13(10)11(14)15-12(3,4)5/h9-10H,6-8H2,1-5H3/t9-,10+/m0/s1. The zero-order valence-corrected chi connectivity index (χ0v) is 10.5. The average molecular weight is 213 g/mol. The van der Waals surface area contributed by atoms with E-state index in [-0.39, 0.29) is 6.09 Å². The van der Waals surface area contributed by atoms with E-state index in [2.05, 4.69) is 13.8 Å². The van der Waals surface area contributed by atoms with Crippen molar-refractivity contribution in [3.8, 4) is 0 Å². The van der Waals surface area contributed by atoms with E-state index in [1.165, 1.54) is 0 Å². The minimum atomic E-state index is -0.391. The number of likely N-dealkylation sites (tertiary alicyclic amines) is 1. The van der Waals surface area contributed by atoms with Gasteiger partial charge in [-0.25, -0.2) is 4.79 Å². The molecule has 0 aromatic rings. The second kappa shape index (κ2) is 4.42. The molecule has 0 aliphatic carbocycles. The predicted octanol–water partition coefficient (Wildman–Crippen LogP) is 3.18. The second-order valence-electron chi connectivity index (χ2n) is 5.38. The van der Waals surface area contributed by atoms with Gasteiger partial charge in [-0.1, -0.05) is 6.92 Å². The highest BCUT2D eigenvalue weighted by Crippen LogP contribution is 2.27. The fraction of sp³-hybridized carbons (Fsp3) is 0.917. The molecule has 3 nitrogen and oxygen atoms in total. The lowest BCUT2D eigenvalue weighted by atomic mass is 10.1. The molecule has 0 N–H and O–H groups in total. The van der Waals surface area contributed by atoms with Crippen molar-refractivity contribution in [2.45, 2.75) is 71.6 Å². The molecular formula is C12H23NO2. The highest BCUT2D eigenvalue weighted by molar-refractivity contribution is 5.69. The van der Waals surface area contributed by atoms with E-state index in [0.717, 1.165) is 19.3 Å². The number of hydrogen-bond acceptors (Lipinski definition) is 2. The summed E-state index contributed by atoms with van der Waals surface area (Å²) in [5.74, 6) is 0. The first-order valence-electron chi connectivity index (χ1n) is 5.86. The van der Waals surface area contributed by atoms with Gasteiger partial charge >= 0.3 is 6.09 Å². The van der Waals surface area contributed by atoms with Gasteiger partial charge in [0.25, 0.3) is 0 Å². The van der Waals surface area contributed by atoms with Gasteiger partial charge in [0.2, 0.25) is 0 Å². The quantitative estimate of drug-likeness (QED) is 0.669. The summed E-state index contributed by atoms with van der Waals surface area (Å²) in [5.41, 5.74) is -0.391. The van der Waals surface area contributed by atoms with Gasteiger partial charge in [0.05, 0.1) is 0 Å². The third-order valence-electron chi connectivity index (χ3n) is 2.86. The first-order chi connectivity index (χ1) is 6.85. The third kappa shape index (κ3) is 3.11. The number of rotatable bonds is 1. The molecular weight excluding hydrogens is 190 g/mol. The third-order valence-corrected chi connectivity index (χ3v) is 2.86. The van der Waals surface area contributed by atoms with E-state index in [9.17, 15) is 4.79 Å². The molecule has 0 aromatic carbocycles. The Labute approximate surface area is 92.8 Å². The number of carbonyl (C=O) groups is 1. The van der Waals surface area contributed by atoms with Crippen LogP contribution in [0.25, 0.3) is 0 Å². The summed E-state index contributed by atoms with van der Waals surface area (Å²) in [4.78, 5) is 13.9. The summed E-state index contributed by atoms with van der Waals surface area (Å²) in [6.45, 7) is 9.95. The van der Waals surface area contributed by atoms with Crippen LogP contribution < -0.4 is 0 Å². The molecule has 0 unspecified atom stereocenters. The van der Waals surface area contributed by atoms with Gasteiger partial charge in [-0.15, -0.1) is 0 Å². The van der Waals surface area contributed by atoms with Crippen LogP contribution in [0.4, 0.5) is 4.79 Å². The number of carbonyl (C=O) groups excluding carboxylic acids is 1. The number of amides is 1. The van der Waals surface area contributed by atoms with Crippen molar-refractivity contribution in [2.24, 2.45) is 0 Å². The summed E-state index contributed by atoms with van der Waals surface area (Å²) in [6, 6.07) is 0.694. The molecule has 0 saturated carbocycles. The Balaban J connectivity index is 2.64. The van der Waals surface area contributed by atoms with E-state index < -0.39 is 5.60 Å². The van der Waals surface area contributed by atoms with Crippen molar-refractivity contribution in [2.75, 3.05) is 0 Å². The maximum absolute atomic E-state index is 11.9. The van der Waals surface area contributed by atoms with E-state index in [4.69, 9.17) is 4.74 Å². The maximum atomic E-state index is 11.9. The topological polar surface area (TPSA) is 29.5 Å². The molecule has 1 heterocycles. The van der Waals surface area contributed by atoms with Crippen LogP contribution in [-0.4, -0.2) is 28.7 Å². The number of nitrogens with zero attached hydrogens (tertiary/aromatic N) is 1. The fourth-order valence-electron chi connectivity index (χ4n) is 2.12. The van der Waals surface area contributed by atoms with Crippen molar-refractivity contribution in [3.05, 3.63) is 0 Å².